The van der Waals surface area contributed by atoms with Crippen LogP contribution in [0, 0.1) is 0 Å². The third-order valence-electron chi connectivity index (χ3n) is 2.26. The van der Waals surface area contributed by atoms with Gasteiger partial charge in [-0.1, -0.05) is 0 Å². The van der Waals surface area contributed by atoms with Crippen LogP contribution in [0.1, 0.15) is 0 Å². The Balaban J connectivity index is 2.29. The Kier molecular flexibility index (Phi) is 1.87. The molecule has 3 aromatic rings. The summed E-state index contributed by atoms with van der Waals surface area (Å²) in [7, 11) is 0. The van der Waals surface area contributed by atoms with Crippen LogP contribution in [-0.2, 0) is 0 Å². The lowest BCUT2D eigenvalue weighted by molar-refractivity contribution is 0.578. The highest BCUT2D eigenvalue weighted by atomic mass is 35.5. The lowest BCUT2D eigenvalue weighted by Crippen LogP contribution is -1.92. The summed E-state index contributed by atoms with van der Waals surface area (Å²) in [6.07, 6.45) is 1.82. The van der Waals surface area contributed by atoms with Gasteiger partial charge in [0.05, 0.1) is 5.69 Å². The minimum Gasteiger partial charge on any atom is -0.441 e. The molecule has 0 saturated heterocycles. The molecule has 2 N–H and O–H groups in total. The molecule has 6 heteroatoms. The molecule has 3 heterocycles. The number of rotatable bonds is 1. The first-order chi connectivity index (χ1) is 7.75. The summed E-state index contributed by atoms with van der Waals surface area (Å²) in [5, 5.41) is 8.32. The van der Waals surface area contributed by atoms with Crippen LogP contribution in [0.2, 0.25) is 5.22 Å². The predicted molar refractivity (Wildman–Crippen MR) is 60.1 cm³/mol. The van der Waals surface area contributed by atoms with Crippen molar-refractivity contribution in [2.24, 2.45) is 0 Å². The van der Waals surface area contributed by atoms with Gasteiger partial charge in [-0.15, -0.1) is 10.2 Å². The van der Waals surface area contributed by atoms with Gasteiger partial charge in [0.2, 0.25) is 5.82 Å². The van der Waals surface area contributed by atoms with Crippen molar-refractivity contribution in [1.82, 2.24) is 14.6 Å². The number of anilines is 1. The van der Waals surface area contributed by atoms with E-state index in [4.69, 9.17) is 21.8 Å². The molecule has 0 atom stereocenters. The largest absolute Gasteiger partial charge is 0.441 e. The third kappa shape index (κ3) is 1.25. The van der Waals surface area contributed by atoms with Crippen molar-refractivity contribution in [3.05, 3.63) is 35.7 Å². The van der Waals surface area contributed by atoms with Gasteiger partial charge in [0.25, 0.3) is 0 Å². The molecule has 0 aliphatic carbocycles. The maximum atomic E-state index is 5.77. The standard InChI is InChI=1S/C10H7ClN4O/c11-8-4-3-7(16-8)10-14-13-9-6(12)2-1-5-15(9)10/h1-5H,12H2. The van der Waals surface area contributed by atoms with Crippen LogP contribution in [0.25, 0.3) is 17.2 Å². The van der Waals surface area contributed by atoms with Gasteiger partial charge in [0.1, 0.15) is 0 Å². The number of hydrogen-bond donors (Lipinski definition) is 1. The Labute approximate surface area is 95.5 Å². The molecule has 3 rings (SSSR count). The molecule has 0 aromatic carbocycles. The summed E-state index contributed by atoms with van der Waals surface area (Å²) in [6.45, 7) is 0. The molecule has 0 bridgehead atoms. The van der Waals surface area contributed by atoms with Crippen molar-refractivity contribution >= 4 is 22.9 Å². The summed E-state index contributed by atoms with van der Waals surface area (Å²) >= 11 is 5.71. The number of nitrogens with two attached hydrogens (primary N) is 1. The summed E-state index contributed by atoms with van der Waals surface area (Å²) < 4.78 is 7.03. The average molecular weight is 235 g/mol. The van der Waals surface area contributed by atoms with Gasteiger partial charge < -0.3 is 10.2 Å². The first-order valence-corrected chi connectivity index (χ1v) is 4.98. The SMILES string of the molecule is Nc1cccn2c(-c3ccc(Cl)o3)nnc12. The van der Waals surface area contributed by atoms with Gasteiger partial charge in [-0.3, -0.25) is 4.40 Å². The Morgan fingerprint density at radius 1 is 1.25 bits per heavy atom. The topological polar surface area (TPSA) is 69.3 Å². The molecular weight excluding hydrogens is 228 g/mol. The maximum Gasteiger partial charge on any atom is 0.204 e. The van der Waals surface area contributed by atoms with Crippen molar-refractivity contribution < 1.29 is 4.42 Å². The van der Waals surface area contributed by atoms with E-state index < -0.39 is 0 Å². The van der Waals surface area contributed by atoms with Gasteiger partial charge in [-0.25, -0.2) is 0 Å². The summed E-state index contributed by atoms with van der Waals surface area (Å²) in [5.41, 5.74) is 6.94. The van der Waals surface area contributed by atoms with Crippen LogP contribution in [0.4, 0.5) is 5.69 Å². The van der Waals surface area contributed by atoms with Gasteiger partial charge in [-0.2, -0.15) is 0 Å². The fourth-order valence-electron chi connectivity index (χ4n) is 1.54. The number of pyridine rings is 1. The quantitative estimate of drug-likeness (QED) is 0.701. The lowest BCUT2D eigenvalue weighted by Gasteiger charge is -1.97. The van der Waals surface area contributed by atoms with Crippen LogP contribution in [-0.4, -0.2) is 14.6 Å². The zero-order valence-electron chi connectivity index (χ0n) is 8.09. The molecule has 5 nitrogen and oxygen atoms in total. The summed E-state index contributed by atoms with van der Waals surface area (Å²) in [6, 6.07) is 6.98. The van der Waals surface area contributed by atoms with E-state index in [1.54, 1.807) is 22.6 Å². The fraction of sp³-hybridized carbons (Fsp3) is 0. The summed E-state index contributed by atoms with van der Waals surface area (Å²) in [4.78, 5) is 0. The number of fused-ring (bicyclic) bond motifs is 1. The summed E-state index contributed by atoms with van der Waals surface area (Å²) in [5.74, 6) is 1.14. The molecule has 0 fully saturated rings. The van der Waals surface area contributed by atoms with Crippen LogP contribution >= 0.6 is 11.6 Å². The van der Waals surface area contributed by atoms with Crippen molar-refractivity contribution in [3.63, 3.8) is 0 Å². The van der Waals surface area contributed by atoms with E-state index in [0.29, 0.717) is 28.1 Å². The first-order valence-electron chi connectivity index (χ1n) is 4.60. The molecule has 3 aromatic heterocycles. The molecule has 0 spiro atoms. The second-order valence-corrected chi connectivity index (χ2v) is 3.66. The van der Waals surface area contributed by atoms with E-state index in [1.807, 2.05) is 12.3 Å². The fourth-order valence-corrected chi connectivity index (χ4v) is 1.69. The van der Waals surface area contributed by atoms with Crippen molar-refractivity contribution in [2.75, 3.05) is 5.73 Å². The van der Waals surface area contributed by atoms with Crippen LogP contribution < -0.4 is 5.73 Å². The Morgan fingerprint density at radius 2 is 2.12 bits per heavy atom. The Bertz CT molecular complexity index is 658. The highest BCUT2D eigenvalue weighted by Gasteiger charge is 2.12. The van der Waals surface area contributed by atoms with Gasteiger partial charge >= 0.3 is 0 Å². The van der Waals surface area contributed by atoms with E-state index in [9.17, 15) is 0 Å². The van der Waals surface area contributed by atoms with Gasteiger partial charge in [0, 0.05) is 6.20 Å². The van der Waals surface area contributed by atoms with Crippen LogP contribution in [0.15, 0.2) is 34.9 Å². The number of nitrogen functional groups attached to an aromatic ring is 1. The maximum absolute atomic E-state index is 5.77. The number of hydrogen-bond acceptors (Lipinski definition) is 4. The monoisotopic (exact) mass is 234 g/mol. The number of halogens is 1. The molecule has 0 radical (unpaired) electrons. The van der Waals surface area contributed by atoms with E-state index in [0.717, 1.165) is 0 Å². The smallest absolute Gasteiger partial charge is 0.204 e. The van der Waals surface area contributed by atoms with Crippen LogP contribution in [0.3, 0.4) is 0 Å². The zero-order chi connectivity index (χ0) is 11.1. The molecule has 0 aliphatic rings. The normalized spacial score (nSPS) is 11.1. The van der Waals surface area contributed by atoms with Crippen molar-refractivity contribution in [3.8, 4) is 11.6 Å². The predicted octanol–water partition coefficient (Wildman–Crippen LogP) is 2.22. The van der Waals surface area contributed by atoms with E-state index >= 15 is 0 Å². The molecule has 0 amide bonds. The molecule has 0 aliphatic heterocycles. The molecule has 0 unspecified atom stereocenters. The Hall–Kier alpha value is -2.01. The first kappa shape index (κ1) is 9.23. The lowest BCUT2D eigenvalue weighted by atomic mass is 10.4. The van der Waals surface area contributed by atoms with E-state index in [1.165, 1.54) is 0 Å². The second kappa shape index (κ2) is 3.24. The number of furan rings is 1. The molecule has 80 valence electrons. The van der Waals surface area contributed by atoms with E-state index in [2.05, 4.69) is 10.2 Å². The highest BCUT2D eigenvalue weighted by Crippen LogP contribution is 2.24. The Morgan fingerprint density at radius 3 is 2.88 bits per heavy atom. The van der Waals surface area contributed by atoms with Gasteiger partial charge in [0.15, 0.2) is 16.6 Å². The van der Waals surface area contributed by atoms with Crippen molar-refractivity contribution in [1.29, 1.82) is 0 Å². The zero-order valence-corrected chi connectivity index (χ0v) is 8.85. The molecule has 0 saturated carbocycles. The number of aromatic nitrogens is 3. The van der Waals surface area contributed by atoms with Gasteiger partial charge in [-0.05, 0) is 35.9 Å². The third-order valence-corrected chi connectivity index (χ3v) is 2.46. The number of nitrogens with zero attached hydrogens (tertiary/aromatic N) is 3. The highest BCUT2D eigenvalue weighted by molar-refractivity contribution is 6.28. The van der Waals surface area contributed by atoms with Crippen LogP contribution in [0.5, 0.6) is 0 Å². The van der Waals surface area contributed by atoms with Crippen molar-refractivity contribution in [2.45, 2.75) is 0 Å². The molecular formula is C10H7ClN4O. The minimum absolute atomic E-state index is 0.315. The second-order valence-electron chi connectivity index (χ2n) is 3.28. The minimum atomic E-state index is 0.315. The molecule has 16 heavy (non-hydrogen) atoms. The average Bonchev–Trinajstić information content (AvgIpc) is 2.84. The van der Waals surface area contributed by atoms with E-state index in [-0.39, 0.29) is 0 Å².